The van der Waals surface area contributed by atoms with Gasteiger partial charge in [0.2, 0.25) is 0 Å². The van der Waals surface area contributed by atoms with Gasteiger partial charge in [-0.2, -0.15) is 0 Å². The summed E-state index contributed by atoms with van der Waals surface area (Å²) < 4.78 is 5.18. The lowest BCUT2D eigenvalue weighted by Gasteiger charge is -2.28. The third-order valence-electron chi connectivity index (χ3n) is 2.97. The van der Waals surface area contributed by atoms with Crippen molar-refractivity contribution in [3.63, 3.8) is 0 Å². The van der Waals surface area contributed by atoms with Crippen LogP contribution in [0.25, 0.3) is 0 Å². The Hall–Kier alpha value is -0.790. The number of hydrogen-bond donors (Lipinski definition) is 0. The van der Waals surface area contributed by atoms with E-state index in [0.29, 0.717) is 6.61 Å². The normalized spacial score (nSPS) is 14.2. The third-order valence-corrected chi connectivity index (χ3v) is 2.97. The summed E-state index contributed by atoms with van der Waals surface area (Å²) in [6, 6.07) is 0. The van der Waals surface area contributed by atoms with Gasteiger partial charge in [0, 0.05) is 11.5 Å². The Labute approximate surface area is 100 Å². The first-order chi connectivity index (χ1) is 7.58. The molecule has 0 aliphatic heterocycles. The van der Waals surface area contributed by atoms with Crippen LogP contribution in [0.5, 0.6) is 0 Å². The fourth-order valence-corrected chi connectivity index (χ4v) is 1.98. The van der Waals surface area contributed by atoms with Crippen molar-refractivity contribution in [3.8, 4) is 0 Å². The number of unbranched alkanes of at least 4 members (excludes halogenated alkanes) is 2. The van der Waals surface area contributed by atoms with Gasteiger partial charge < -0.3 is 4.74 Å². The highest BCUT2D eigenvalue weighted by atomic mass is 16.5. The van der Waals surface area contributed by atoms with Gasteiger partial charge in [0.05, 0.1) is 6.61 Å². The highest BCUT2D eigenvalue weighted by molar-refractivity contribution is 5.81. The largest absolute Gasteiger partial charge is 0.462 e. The summed E-state index contributed by atoms with van der Waals surface area (Å²) in [7, 11) is 0. The fraction of sp³-hybridized carbons (Fsp3) is 0.786. The Balaban J connectivity index is 4.09. The first-order valence-electron chi connectivity index (χ1n) is 6.37. The number of carbonyl (C=O) groups is 1. The molecule has 0 fully saturated rings. The smallest absolute Gasteiger partial charge is 0.330 e. The van der Waals surface area contributed by atoms with Gasteiger partial charge >= 0.3 is 5.97 Å². The Morgan fingerprint density at radius 1 is 1.25 bits per heavy atom. The van der Waals surface area contributed by atoms with Crippen LogP contribution in [-0.2, 0) is 9.53 Å². The van der Waals surface area contributed by atoms with Crippen LogP contribution in [0.4, 0.5) is 0 Å². The molecule has 0 aliphatic carbocycles. The molecule has 0 saturated carbocycles. The Kier molecular flexibility index (Phi) is 7.96. The number of carbonyl (C=O) groups excluding carboxylic acids is 1. The molecule has 0 rings (SSSR count). The zero-order chi connectivity index (χ0) is 12.4. The standard InChI is InChI=1S/C14H26O2/c1-5-8-9-11-14(4,10-6-2)12-16-13(15)7-3/h7H,3,5-6,8-12H2,1-2,4H3. The molecule has 1 atom stereocenters. The molecular formula is C14H26O2. The molecule has 0 radical (unpaired) electrons. The van der Waals surface area contributed by atoms with Gasteiger partial charge in [-0.1, -0.05) is 53.0 Å². The maximum atomic E-state index is 11.1. The topological polar surface area (TPSA) is 26.3 Å². The summed E-state index contributed by atoms with van der Waals surface area (Å²) in [5.41, 5.74) is 0.141. The van der Waals surface area contributed by atoms with Gasteiger partial charge in [-0.05, 0) is 12.8 Å². The van der Waals surface area contributed by atoms with Gasteiger partial charge in [-0.3, -0.25) is 0 Å². The van der Waals surface area contributed by atoms with Crippen molar-refractivity contribution in [2.24, 2.45) is 5.41 Å². The predicted molar refractivity (Wildman–Crippen MR) is 68.3 cm³/mol. The molecular weight excluding hydrogens is 200 g/mol. The van der Waals surface area contributed by atoms with Crippen LogP contribution < -0.4 is 0 Å². The second-order valence-electron chi connectivity index (χ2n) is 4.83. The van der Waals surface area contributed by atoms with E-state index in [0.717, 1.165) is 19.3 Å². The lowest BCUT2D eigenvalue weighted by molar-refractivity contribution is -0.141. The molecule has 0 bridgehead atoms. The average molecular weight is 226 g/mol. The molecule has 0 heterocycles. The van der Waals surface area contributed by atoms with Crippen LogP contribution >= 0.6 is 0 Å². The first-order valence-corrected chi connectivity index (χ1v) is 6.37. The highest BCUT2D eigenvalue weighted by Crippen LogP contribution is 2.30. The second kappa shape index (κ2) is 8.37. The molecule has 0 aromatic carbocycles. The third kappa shape index (κ3) is 6.65. The van der Waals surface area contributed by atoms with E-state index in [9.17, 15) is 4.79 Å². The fourth-order valence-electron chi connectivity index (χ4n) is 1.98. The summed E-state index contributed by atoms with van der Waals surface area (Å²) in [5, 5.41) is 0. The Morgan fingerprint density at radius 3 is 2.44 bits per heavy atom. The van der Waals surface area contributed by atoms with Crippen LogP contribution in [0.2, 0.25) is 0 Å². The summed E-state index contributed by atoms with van der Waals surface area (Å²) in [6.07, 6.45) is 8.33. The van der Waals surface area contributed by atoms with Crippen molar-refractivity contribution >= 4 is 5.97 Å². The van der Waals surface area contributed by atoms with Crippen molar-refractivity contribution in [2.75, 3.05) is 6.61 Å². The van der Waals surface area contributed by atoms with E-state index < -0.39 is 0 Å². The van der Waals surface area contributed by atoms with Gasteiger partial charge in [0.15, 0.2) is 0 Å². The van der Waals surface area contributed by atoms with Gasteiger partial charge in [0.1, 0.15) is 0 Å². The minimum Gasteiger partial charge on any atom is -0.462 e. The molecule has 2 nitrogen and oxygen atoms in total. The quantitative estimate of drug-likeness (QED) is 0.336. The summed E-state index contributed by atoms with van der Waals surface area (Å²) in [5.74, 6) is -0.308. The SMILES string of the molecule is C=CC(=O)OCC(C)(CCC)CCCCC. The molecule has 0 aliphatic rings. The zero-order valence-corrected chi connectivity index (χ0v) is 11.1. The van der Waals surface area contributed by atoms with Gasteiger partial charge in [-0.15, -0.1) is 0 Å². The van der Waals surface area contributed by atoms with Crippen molar-refractivity contribution in [1.29, 1.82) is 0 Å². The molecule has 0 N–H and O–H groups in total. The van der Waals surface area contributed by atoms with Crippen molar-refractivity contribution < 1.29 is 9.53 Å². The zero-order valence-electron chi connectivity index (χ0n) is 11.1. The molecule has 1 unspecified atom stereocenters. The highest BCUT2D eigenvalue weighted by Gasteiger charge is 2.24. The Morgan fingerprint density at radius 2 is 1.94 bits per heavy atom. The van der Waals surface area contributed by atoms with Crippen LogP contribution in [0.1, 0.15) is 59.3 Å². The maximum Gasteiger partial charge on any atom is 0.330 e. The summed E-state index contributed by atoms with van der Waals surface area (Å²) in [6.45, 7) is 10.5. The van der Waals surface area contributed by atoms with E-state index in [2.05, 4.69) is 27.4 Å². The molecule has 0 spiro atoms. The van der Waals surface area contributed by atoms with Crippen molar-refractivity contribution in [2.45, 2.75) is 59.3 Å². The molecule has 0 aromatic heterocycles. The minimum atomic E-state index is -0.308. The Bertz CT molecular complexity index is 211. The van der Waals surface area contributed by atoms with E-state index in [-0.39, 0.29) is 11.4 Å². The molecule has 0 amide bonds. The van der Waals surface area contributed by atoms with Gasteiger partial charge in [-0.25, -0.2) is 4.79 Å². The number of hydrogen-bond acceptors (Lipinski definition) is 2. The van der Waals surface area contributed by atoms with Crippen LogP contribution in [0.15, 0.2) is 12.7 Å². The molecule has 94 valence electrons. The maximum absolute atomic E-state index is 11.1. The monoisotopic (exact) mass is 226 g/mol. The van der Waals surface area contributed by atoms with Crippen LogP contribution in [-0.4, -0.2) is 12.6 Å². The van der Waals surface area contributed by atoms with E-state index in [1.54, 1.807) is 0 Å². The second-order valence-corrected chi connectivity index (χ2v) is 4.83. The van der Waals surface area contributed by atoms with Crippen LogP contribution in [0, 0.1) is 5.41 Å². The van der Waals surface area contributed by atoms with Crippen molar-refractivity contribution in [3.05, 3.63) is 12.7 Å². The molecule has 2 heteroatoms. The van der Waals surface area contributed by atoms with E-state index in [1.165, 1.54) is 25.3 Å². The van der Waals surface area contributed by atoms with E-state index >= 15 is 0 Å². The molecule has 16 heavy (non-hydrogen) atoms. The first kappa shape index (κ1) is 15.2. The minimum absolute atomic E-state index is 0.141. The lowest BCUT2D eigenvalue weighted by Crippen LogP contribution is -2.24. The van der Waals surface area contributed by atoms with Crippen molar-refractivity contribution in [1.82, 2.24) is 0 Å². The molecule has 0 aromatic rings. The molecule has 0 saturated heterocycles. The summed E-state index contributed by atoms with van der Waals surface area (Å²) in [4.78, 5) is 11.1. The number of rotatable bonds is 9. The summed E-state index contributed by atoms with van der Waals surface area (Å²) >= 11 is 0. The number of esters is 1. The predicted octanol–water partition coefficient (Wildman–Crippen LogP) is 4.10. The van der Waals surface area contributed by atoms with E-state index in [4.69, 9.17) is 4.74 Å². The van der Waals surface area contributed by atoms with Gasteiger partial charge in [0.25, 0.3) is 0 Å². The van der Waals surface area contributed by atoms with Crippen LogP contribution in [0.3, 0.4) is 0 Å². The lowest BCUT2D eigenvalue weighted by atomic mass is 9.81. The van der Waals surface area contributed by atoms with E-state index in [1.807, 2.05) is 0 Å². The number of ether oxygens (including phenoxy) is 1. The average Bonchev–Trinajstić information content (AvgIpc) is 2.27.